The number of aromatic nitrogens is 1. The van der Waals surface area contributed by atoms with E-state index in [1.54, 1.807) is 4.90 Å². The minimum atomic E-state index is -2.69. The van der Waals surface area contributed by atoms with E-state index in [9.17, 15) is 4.79 Å². The zero-order valence-corrected chi connectivity index (χ0v) is 31.2. The second kappa shape index (κ2) is 14.3. The first-order valence-corrected chi connectivity index (χ1v) is 19.8. The molecule has 4 aromatic rings. The number of anilines is 2. The standard InChI is InChI=1S/C38H46ClN3O7Si/c1-25-22-41(23-26(2)48-25)33-30(36-44-19-20-45-36)21-31-34(32(33)39)49-40-35(31)42-27(24-46-37(42)43)13-12-18-47-50(38(3,4)5,28-14-8-6-9-15-28)29-16-10-7-11-17-29/h6-11,14-17,21,25-27,36H,12-13,18-20,22-24H2,1-5H3/t25-,26-,27?/m1/s1. The summed E-state index contributed by atoms with van der Waals surface area (Å²) in [6.45, 7) is 13.9. The Kier molecular flexibility index (Phi) is 9.99. The molecule has 12 heteroatoms. The van der Waals surface area contributed by atoms with Gasteiger partial charge in [0.1, 0.15) is 11.6 Å². The fourth-order valence-corrected chi connectivity index (χ4v) is 12.8. The SMILES string of the molecule is C[C@@H]1CN(c2c(C3OCCO3)cc3c(N4C(=O)OCC4CCCO[Si](c4ccccc4)(c4ccccc4)C(C)(C)C)noc3c2Cl)C[C@@H](C)O1. The number of carbonyl (C=O) groups excluding carboxylic acids is 1. The first-order valence-electron chi connectivity index (χ1n) is 17.5. The van der Waals surface area contributed by atoms with Crippen LogP contribution in [0.15, 0.2) is 71.3 Å². The number of ether oxygens (including phenoxy) is 4. The minimum Gasteiger partial charge on any atom is -0.447 e. The number of rotatable bonds is 10. The van der Waals surface area contributed by atoms with E-state index in [1.807, 2.05) is 32.0 Å². The van der Waals surface area contributed by atoms with Crippen LogP contribution in [0.3, 0.4) is 0 Å². The highest BCUT2D eigenvalue weighted by molar-refractivity contribution is 6.99. The number of morpholine rings is 1. The van der Waals surface area contributed by atoms with Gasteiger partial charge in [-0.05, 0) is 48.2 Å². The van der Waals surface area contributed by atoms with Gasteiger partial charge in [-0.1, -0.05) is 98.2 Å². The zero-order valence-electron chi connectivity index (χ0n) is 29.4. The Morgan fingerprint density at radius 1 is 0.960 bits per heavy atom. The summed E-state index contributed by atoms with van der Waals surface area (Å²) in [6, 6.07) is 22.9. The van der Waals surface area contributed by atoms with Gasteiger partial charge in [-0.3, -0.25) is 4.90 Å². The van der Waals surface area contributed by atoms with Gasteiger partial charge < -0.3 is 32.8 Å². The number of carbonyl (C=O) groups is 1. The Hall–Kier alpha value is -3.45. The van der Waals surface area contributed by atoms with Crippen molar-refractivity contribution in [3.05, 3.63) is 77.3 Å². The van der Waals surface area contributed by atoms with Crippen molar-refractivity contribution in [2.75, 3.05) is 49.3 Å². The molecule has 3 fully saturated rings. The van der Waals surface area contributed by atoms with Crippen LogP contribution in [0, 0.1) is 0 Å². The summed E-state index contributed by atoms with van der Waals surface area (Å²) in [4.78, 5) is 17.1. The summed E-state index contributed by atoms with van der Waals surface area (Å²) in [6.07, 6.45) is 0.303. The molecule has 10 nitrogen and oxygen atoms in total. The third-order valence-corrected chi connectivity index (χ3v) is 15.3. The molecule has 1 unspecified atom stereocenters. The highest BCUT2D eigenvalue weighted by atomic mass is 35.5. The average Bonchev–Trinajstić information content (AvgIpc) is 3.85. The van der Waals surface area contributed by atoms with Crippen molar-refractivity contribution in [1.82, 2.24) is 5.16 Å². The van der Waals surface area contributed by atoms with Gasteiger partial charge >= 0.3 is 6.09 Å². The molecule has 1 aromatic heterocycles. The monoisotopic (exact) mass is 719 g/mol. The molecule has 0 saturated carbocycles. The molecule has 50 heavy (non-hydrogen) atoms. The number of cyclic esters (lactones) is 1. The lowest BCUT2D eigenvalue weighted by Crippen LogP contribution is -2.66. The Bertz CT molecular complexity index is 1750. The number of halogens is 1. The van der Waals surface area contributed by atoms with E-state index >= 15 is 0 Å². The molecule has 7 rings (SSSR count). The van der Waals surface area contributed by atoms with E-state index in [4.69, 9.17) is 39.5 Å². The molecule has 0 bridgehead atoms. The van der Waals surface area contributed by atoms with Gasteiger partial charge in [0.2, 0.25) is 0 Å². The molecule has 4 heterocycles. The number of hydrogen-bond acceptors (Lipinski definition) is 9. The Morgan fingerprint density at radius 3 is 2.18 bits per heavy atom. The number of amides is 1. The van der Waals surface area contributed by atoms with Gasteiger partial charge in [-0.25, -0.2) is 4.79 Å². The van der Waals surface area contributed by atoms with Crippen LogP contribution in [0.25, 0.3) is 11.0 Å². The number of benzene rings is 3. The second-order valence-corrected chi connectivity index (χ2v) is 19.2. The van der Waals surface area contributed by atoms with Crippen LogP contribution in [0.2, 0.25) is 10.1 Å². The molecule has 0 spiro atoms. The average molecular weight is 720 g/mol. The lowest BCUT2D eigenvalue weighted by molar-refractivity contribution is -0.0443. The highest BCUT2D eigenvalue weighted by Gasteiger charge is 2.50. The van der Waals surface area contributed by atoms with Crippen LogP contribution in [0.1, 0.15) is 59.3 Å². The van der Waals surface area contributed by atoms with Crippen molar-refractivity contribution >= 4 is 58.9 Å². The minimum absolute atomic E-state index is 0.00906. The number of nitrogens with zero attached hydrogens (tertiary/aromatic N) is 3. The molecule has 0 radical (unpaired) electrons. The Labute approximate surface area is 299 Å². The summed E-state index contributed by atoms with van der Waals surface area (Å²) < 4.78 is 36.6. The van der Waals surface area contributed by atoms with Crippen LogP contribution < -0.4 is 20.2 Å². The number of hydrogen-bond donors (Lipinski definition) is 0. The van der Waals surface area contributed by atoms with Gasteiger partial charge in [0.15, 0.2) is 17.7 Å². The summed E-state index contributed by atoms with van der Waals surface area (Å²) in [5.41, 5.74) is 1.95. The third kappa shape index (κ3) is 6.44. The van der Waals surface area contributed by atoms with Gasteiger partial charge in [-0.15, -0.1) is 0 Å². The lowest BCUT2D eigenvalue weighted by atomic mass is 10.0. The van der Waals surface area contributed by atoms with Crippen molar-refractivity contribution in [2.45, 2.75) is 77.0 Å². The maximum absolute atomic E-state index is 13.3. The van der Waals surface area contributed by atoms with Crippen LogP contribution >= 0.6 is 11.6 Å². The van der Waals surface area contributed by atoms with Gasteiger partial charge in [0.25, 0.3) is 8.32 Å². The second-order valence-electron chi connectivity index (χ2n) is 14.5. The van der Waals surface area contributed by atoms with Crippen molar-refractivity contribution < 1.29 is 32.7 Å². The van der Waals surface area contributed by atoms with E-state index in [0.29, 0.717) is 67.6 Å². The summed E-state index contributed by atoms with van der Waals surface area (Å²) >= 11 is 7.15. The van der Waals surface area contributed by atoms with Gasteiger partial charge in [0.05, 0.1) is 42.5 Å². The molecule has 3 atom stereocenters. The van der Waals surface area contributed by atoms with Crippen LogP contribution in [-0.4, -0.2) is 77.3 Å². The van der Waals surface area contributed by atoms with Gasteiger partial charge in [0, 0.05) is 25.3 Å². The summed E-state index contributed by atoms with van der Waals surface area (Å²) in [5, 5.41) is 7.76. The van der Waals surface area contributed by atoms with E-state index in [2.05, 4.69) is 79.4 Å². The van der Waals surface area contributed by atoms with E-state index in [-0.39, 0.29) is 29.9 Å². The first-order chi connectivity index (χ1) is 24.1. The smallest absolute Gasteiger partial charge is 0.416 e. The molecule has 1 amide bonds. The van der Waals surface area contributed by atoms with E-state index in [1.165, 1.54) is 10.4 Å². The molecule has 3 aliphatic rings. The molecule has 266 valence electrons. The van der Waals surface area contributed by atoms with Crippen molar-refractivity contribution in [2.24, 2.45) is 0 Å². The fourth-order valence-electron chi connectivity index (χ4n) is 7.85. The molecule has 0 aliphatic carbocycles. The highest BCUT2D eigenvalue weighted by Crippen LogP contribution is 2.46. The fraction of sp³-hybridized carbons (Fsp3) is 0.474. The predicted molar refractivity (Wildman–Crippen MR) is 196 cm³/mol. The normalized spacial score (nSPS) is 22.1. The predicted octanol–water partition coefficient (Wildman–Crippen LogP) is 6.82. The molecule has 3 saturated heterocycles. The molecule has 3 aliphatic heterocycles. The number of fused-ring (bicyclic) bond motifs is 1. The first kappa shape index (κ1) is 35.0. The summed E-state index contributed by atoms with van der Waals surface area (Å²) in [7, 11) is -2.69. The molecule has 0 N–H and O–H groups in total. The zero-order chi connectivity index (χ0) is 35.0. The third-order valence-electron chi connectivity index (χ3n) is 9.91. The van der Waals surface area contributed by atoms with E-state index < -0.39 is 20.7 Å². The van der Waals surface area contributed by atoms with Crippen LogP contribution in [0.5, 0.6) is 0 Å². The van der Waals surface area contributed by atoms with Crippen molar-refractivity contribution in [3.8, 4) is 0 Å². The molecular weight excluding hydrogens is 674 g/mol. The molecular formula is C38H46ClN3O7Si. The van der Waals surface area contributed by atoms with E-state index in [0.717, 1.165) is 11.3 Å². The maximum atomic E-state index is 13.3. The largest absolute Gasteiger partial charge is 0.447 e. The van der Waals surface area contributed by atoms with Crippen molar-refractivity contribution in [3.63, 3.8) is 0 Å². The lowest BCUT2D eigenvalue weighted by Gasteiger charge is -2.43. The Morgan fingerprint density at radius 2 is 1.58 bits per heavy atom. The topological polar surface area (TPSA) is 95.7 Å². The Balaban J connectivity index is 1.16. The molecule has 3 aromatic carbocycles. The van der Waals surface area contributed by atoms with Gasteiger partial charge in [-0.2, -0.15) is 0 Å². The maximum Gasteiger partial charge on any atom is 0.416 e. The van der Waals surface area contributed by atoms with Crippen LogP contribution in [0.4, 0.5) is 16.3 Å². The van der Waals surface area contributed by atoms with Crippen LogP contribution in [-0.2, 0) is 23.4 Å². The summed E-state index contributed by atoms with van der Waals surface area (Å²) in [5.74, 6) is 0.372. The van der Waals surface area contributed by atoms with Crippen molar-refractivity contribution in [1.29, 1.82) is 0 Å². The quantitative estimate of drug-likeness (QED) is 0.129.